The summed E-state index contributed by atoms with van der Waals surface area (Å²) in [5.41, 5.74) is 6.94. The van der Waals surface area contributed by atoms with Gasteiger partial charge in [0.05, 0.1) is 0 Å². The summed E-state index contributed by atoms with van der Waals surface area (Å²) in [6.07, 6.45) is 3.54. The number of nitrogens with one attached hydrogen (secondary N) is 1. The van der Waals surface area contributed by atoms with Crippen LogP contribution < -0.4 is 5.56 Å². The standard InChI is InChI=1S/C23H21FN2O.C2H6/c1-3-16-12-22-23(27)25-15(2)14-26(22)21(16)13-18-6-4-5-7-20(18)17-8-10-19(24)11-9-17;1-2/h4-12,14H,3,13H2,1-2H3,(H,25,27);1-2H3. The van der Waals surface area contributed by atoms with E-state index in [-0.39, 0.29) is 11.4 Å². The third-order valence-electron chi connectivity index (χ3n) is 5.01. The van der Waals surface area contributed by atoms with Crippen LogP contribution in [0.4, 0.5) is 4.39 Å². The monoisotopic (exact) mass is 390 g/mol. The molecule has 0 aliphatic rings. The molecule has 29 heavy (non-hydrogen) atoms. The Morgan fingerprint density at radius 3 is 2.38 bits per heavy atom. The van der Waals surface area contributed by atoms with E-state index in [2.05, 4.69) is 24.0 Å². The number of aromatic nitrogens is 2. The van der Waals surface area contributed by atoms with Crippen molar-refractivity contribution in [1.82, 2.24) is 9.38 Å². The minimum atomic E-state index is -0.239. The largest absolute Gasteiger partial charge is 0.323 e. The normalized spacial score (nSPS) is 10.7. The van der Waals surface area contributed by atoms with E-state index < -0.39 is 0 Å². The van der Waals surface area contributed by atoms with Gasteiger partial charge in [-0.05, 0) is 53.8 Å². The first-order chi connectivity index (χ1) is 14.1. The van der Waals surface area contributed by atoms with E-state index in [1.165, 1.54) is 17.7 Å². The fraction of sp³-hybridized carbons (Fsp3) is 0.240. The second kappa shape index (κ2) is 8.91. The minimum Gasteiger partial charge on any atom is -0.323 e. The maximum absolute atomic E-state index is 13.3. The lowest BCUT2D eigenvalue weighted by Gasteiger charge is -2.12. The average molecular weight is 391 g/mol. The van der Waals surface area contributed by atoms with Gasteiger partial charge in [-0.25, -0.2) is 4.39 Å². The number of benzene rings is 2. The third kappa shape index (κ3) is 4.16. The number of aryl methyl sites for hydroxylation is 2. The Morgan fingerprint density at radius 2 is 1.69 bits per heavy atom. The third-order valence-corrected chi connectivity index (χ3v) is 5.01. The number of rotatable bonds is 4. The number of hydrogen-bond acceptors (Lipinski definition) is 1. The van der Waals surface area contributed by atoms with Gasteiger partial charge in [0, 0.05) is 24.0 Å². The van der Waals surface area contributed by atoms with Crippen molar-refractivity contribution in [3.8, 4) is 11.1 Å². The Morgan fingerprint density at radius 1 is 1.00 bits per heavy atom. The molecule has 0 spiro atoms. The van der Waals surface area contributed by atoms with Gasteiger partial charge in [0.1, 0.15) is 11.3 Å². The molecule has 4 aromatic rings. The Kier molecular flexibility index (Phi) is 6.32. The molecule has 0 aliphatic heterocycles. The van der Waals surface area contributed by atoms with Gasteiger partial charge in [0.25, 0.3) is 5.56 Å². The van der Waals surface area contributed by atoms with Gasteiger partial charge in [-0.2, -0.15) is 0 Å². The van der Waals surface area contributed by atoms with Crippen molar-refractivity contribution in [2.75, 3.05) is 0 Å². The lowest BCUT2D eigenvalue weighted by atomic mass is 9.95. The first-order valence-electron chi connectivity index (χ1n) is 10.1. The Balaban J connectivity index is 0.00000117. The van der Waals surface area contributed by atoms with Crippen molar-refractivity contribution in [2.24, 2.45) is 0 Å². The average Bonchev–Trinajstić information content (AvgIpc) is 3.08. The molecule has 0 bridgehead atoms. The number of aromatic amines is 1. The molecule has 0 radical (unpaired) electrons. The zero-order valence-electron chi connectivity index (χ0n) is 17.4. The molecule has 4 heteroatoms. The van der Waals surface area contributed by atoms with Gasteiger partial charge in [0.2, 0.25) is 0 Å². The Bertz CT molecular complexity index is 1170. The van der Waals surface area contributed by atoms with Crippen LogP contribution in [0.25, 0.3) is 16.6 Å². The van der Waals surface area contributed by atoms with Gasteiger partial charge < -0.3 is 9.38 Å². The summed E-state index contributed by atoms with van der Waals surface area (Å²) in [6.45, 7) is 7.99. The molecule has 2 aromatic heterocycles. The summed E-state index contributed by atoms with van der Waals surface area (Å²) in [4.78, 5) is 15.2. The summed E-state index contributed by atoms with van der Waals surface area (Å²) < 4.78 is 15.3. The van der Waals surface area contributed by atoms with Crippen LogP contribution in [0, 0.1) is 12.7 Å². The molecule has 2 aromatic carbocycles. The fourth-order valence-electron chi connectivity index (χ4n) is 3.68. The highest BCUT2D eigenvalue weighted by molar-refractivity contribution is 5.68. The summed E-state index contributed by atoms with van der Waals surface area (Å²) in [5, 5.41) is 0. The summed E-state index contributed by atoms with van der Waals surface area (Å²) in [5.74, 6) is -0.239. The number of H-pyrrole nitrogens is 1. The SMILES string of the molecule is CC.CCc1cc2c(=O)[nH]c(C)cn2c1Cc1ccccc1-c1ccc(F)cc1. The van der Waals surface area contributed by atoms with Crippen molar-refractivity contribution in [2.45, 2.75) is 40.5 Å². The van der Waals surface area contributed by atoms with Gasteiger partial charge >= 0.3 is 0 Å². The van der Waals surface area contributed by atoms with Crippen LogP contribution in [0.1, 0.15) is 43.3 Å². The van der Waals surface area contributed by atoms with E-state index >= 15 is 0 Å². The van der Waals surface area contributed by atoms with E-state index in [0.717, 1.165) is 34.5 Å². The predicted octanol–water partition coefficient (Wildman–Crippen LogP) is 5.92. The Hall–Kier alpha value is -3.14. The van der Waals surface area contributed by atoms with Crippen LogP contribution in [0.2, 0.25) is 0 Å². The van der Waals surface area contributed by atoms with E-state index in [0.29, 0.717) is 11.9 Å². The maximum atomic E-state index is 13.3. The van der Waals surface area contributed by atoms with Crippen LogP contribution in [0.3, 0.4) is 0 Å². The molecule has 150 valence electrons. The molecule has 4 rings (SSSR count). The van der Waals surface area contributed by atoms with Gasteiger partial charge in [-0.3, -0.25) is 4.79 Å². The second-order valence-electron chi connectivity index (χ2n) is 6.83. The molecule has 0 fully saturated rings. The number of nitrogens with zero attached hydrogens (tertiary/aromatic N) is 1. The highest BCUT2D eigenvalue weighted by atomic mass is 19.1. The van der Waals surface area contributed by atoms with Crippen molar-refractivity contribution in [3.05, 3.63) is 99.5 Å². The first kappa shape index (κ1) is 20.6. The number of halogens is 1. The van der Waals surface area contributed by atoms with Crippen LogP contribution in [-0.4, -0.2) is 9.38 Å². The number of fused-ring (bicyclic) bond motifs is 1. The zero-order valence-corrected chi connectivity index (χ0v) is 17.4. The van der Waals surface area contributed by atoms with Crippen molar-refractivity contribution in [3.63, 3.8) is 0 Å². The van der Waals surface area contributed by atoms with Crippen LogP contribution in [-0.2, 0) is 12.8 Å². The van der Waals surface area contributed by atoms with Crippen LogP contribution >= 0.6 is 0 Å². The van der Waals surface area contributed by atoms with E-state index in [9.17, 15) is 9.18 Å². The summed E-state index contributed by atoms with van der Waals surface area (Å²) in [7, 11) is 0. The van der Waals surface area contributed by atoms with Gasteiger partial charge in [0.15, 0.2) is 0 Å². The maximum Gasteiger partial charge on any atom is 0.272 e. The molecule has 0 amide bonds. The van der Waals surface area contributed by atoms with Gasteiger partial charge in [-0.15, -0.1) is 0 Å². The highest BCUT2D eigenvalue weighted by Crippen LogP contribution is 2.28. The lowest BCUT2D eigenvalue weighted by Crippen LogP contribution is -2.11. The Labute approximate surface area is 170 Å². The predicted molar refractivity (Wildman–Crippen MR) is 118 cm³/mol. The van der Waals surface area contributed by atoms with Crippen LogP contribution in [0.15, 0.2) is 65.6 Å². The first-order valence-corrected chi connectivity index (χ1v) is 10.1. The molecular weight excluding hydrogens is 363 g/mol. The molecule has 0 aliphatic carbocycles. The van der Waals surface area contributed by atoms with Crippen molar-refractivity contribution in [1.29, 1.82) is 0 Å². The zero-order chi connectivity index (χ0) is 21.0. The molecule has 0 saturated carbocycles. The van der Waals surface area contributed by atoms with E-state index in [1.807, 2.05) is 49.6 Å². The van der Waals surface area contributed by atoms with Crippen molar-refractivity contribution >= 4 is 5.52 Å². The summed E-state index contributed by atoms with van der Waals surface area (Å²) >= 11 is 0. The fourth-order valence-corrected chi connectivity index (χ4v) is 3.68. The smallest absolute Gasteiger partial charge is 0.272 e. The molecule has 3 nitrogen and oxygen atoms in total. The van der Waals surface area contributed by atoms with Crippen LogP contribution in [0.5, 0.6) is 0 Å². The molecule has 1 N–H and O–H groups in total. The molecular formula is C25H27FN2O. The highest BCUT2D eigenvalue weighted by Gasteiger charge is 2.14. The number of hydrogen-bond donors (Lipinski definition) is 1. The van der Waals surface area contributed by atoms with Crippen molar-refractivity contribution < 1.29 is 4.39 Å². The molecule has 0 unspecified atom stereocenters. The van der Waals surface area contributed by atoms with E-state index in [4.69, 9.17) is 0 Å². The summed E-state index contributed by atoms with van der Waals surface area (Å²) in [6, 6.07) is 16.7. The van der Waals surface area contributed by atoms with Gasteiger partial charge in [-0.1, -0.05) is 57.2 Å². The van der Waals surface area contributed by atoms with E-state index in [1.54, 1.807) is 12.1 Å². The topological polar surface area (TPSA) is 37.3 Å². The lowest BCUT2D eigenvalue weighted by molar-refractivity contribution is 0.628. The molecule has 2 heterocycles. The molecule has 0 atom stereocenters. The minimum absolute atomic E-state index is 0.0669. The molecule has 0 saturated heterocycles. The second-order valence-corrected chi connectivity index (χ2v) is 6.83. The quantitative estimate of drug-likeness (QED) is 0.461.